The third-order valence-corrected chi connectivity index (χ3v) is 4.57. The highest BCUT2D eigenvalue weighted by Gasteiger charge is 2.25. The zero-order valence-corrected chi connectivity index (χ0v) is 12.0. The van der Waals surface area contributed by atoms with E-state index in [9.17, 15) is 0 Å². The normalized spacial score (nSPS) is 31.1. The molecule has 2 heteroatoms. The molecule has 0 bridgehead atoms. The van der Waals surface area contributed by atoms with Crippen LogP contribution in [0.4, 0.5) is 0 Å². The number of allylic oxidation sites excluding steroid dienone is 1. The first-order chi connectivity index (χ1) is 8.06. The SMILES string of the molecule is CC1CCCC(C(C)C(C)C)/C(=C\NN)CC1. The molecule has 1 aliphatic rings. The Bertz CT molecular complexity index is 245. The third kappa shape index (κ3) is 4.34. The number of hydrogen-bond acceptors (Lipinski definition) is 2. The van der Waals surface area contributed by atoms with Gasteiger partial charge in [-0.1, -0.05) is 40.5 Å². The second kappa shape index (κ2) is 7.05. The van der Waals surface area contributed by atoms with Crippen LogP contribution >= 0.6 is 0 Å². The van der Waals surface area contributed by atoms with Crippen LogP contribution < -0.4 is 11.3 Å². The molecule has 0 aromatic carbocycles. The van der Waals surface area contributed by atoms with Crippen molar-refractivity contribution in [3.8, 4) is 0 Å². The fraction of sp³-hybridized carbons (Fsp3) is 0.867. The minimum absolute atomic E-state index is 0.721. The van der Waals surface area contributed by atoms with Gasteiger partial charge < -0.3 is 5.43 Å². The monoisotopic (exact) mass is 238 g/mol. The van der Waals surface area contributed by atoms with E-state index in [1.165, 1.54) is 32.1 Å². The van der Waals surface area contributed by atoms with Gasteiger partial charge in [-0.05, 0) is 48.5 Å². The lowest BCUT2D eigenvalue weighted by Crippen LogP contribution is -2.24. The molecule has 0 saturated heterocycles. The Kier molecular flexibility index (Phi) is 6.04. The predicted octanol–water partition coefficient (Wildman–Crippen LogP) is 3.84. The summed E-state index contributed by atoms with van der Waals surface area (Å²) in [5.74, 6) is 8.59. The summed E-state index contributed by atoms with van der Waals surface area (Å²) in [6.45, 7) is 9.43. The summed E-state index contributed by atoms with van der Waals surface area (Å²) in [4.78, 5) is 0. The zero-order valence-electron chi connectivity index (χ0n) is 12.0. The van der Waals surface area contributed by atoms with Gasteiger partial charge in [0.05, 0.1) is 0 Å². The Balaban J connectivity index is 2.78. The number of hydrogen-bond donors (Lipinski definition) is 2. The molecule has 1 saturated carbocycles. The first kappa shape index (κ1) is 14.6. The summed E-state index contributed by atoms with van der Waals surface area (Å²) < 4.78 is 0. The number of nitrogens with one attached hydrogen (secondary N) is 1. The van der Waals surface area contributed by atoms with Crippen molar-refractivity contribution in [3.05, 3.63) is 11.8 Å². The first-order valence-electron chi connectivity index (χ1n) is 7.21. The third-order valence-electron chi connectivity index (χ3n) is 4.57. The van der Waals surface area contributed by atoms with Crippen LogP contribution in [0, 0.1) is 23.7 Å². The van der Waals surface area contributed by atoms with Gasteiger partial charge >= 0.3 is 0 Å². The average molecular weight is 238 g/mol. The van der Waals surface area contributed by atoms with Gasteiger partial charge in [-0.15, -0.1) is 0 Å². The van der Waals surface area contributed by atoms with Crippen molar-refractivity contribution in [3.63, 3.8) is 0 Å². The Morgan fingerprint density at radius 1 is 1.24 bits per heavy atom. The van der Waals surface area contributed by atoms with Crippen molar-refractivity contribution >= 4 is 0 Å². The summed E-state index contributed by atoms with van der Waals surface area (Å²) in [5, 5.41) is 0. The highest BCUT2D eigenvalue weighted by molar-refractivity contribution is 5.08. The minimum atomic E-state index is 0.721. The van der Waals surface area contributed by atoms with Crippen molar-refractivity contribution in [2.24, 2.45) is 29.5 Å². The van der Waals surface area contributed by atoms with Gasteiger partial charge in [0.15, 0.2) is 0 Å². The Morgan fingerprint density at radius 3 is 2.53 bits per heavy atom. The summed E-state index contributed by atoms with van der Waals surface area (Å²) in [6, 6.07) is 0. The van der Waals surface area contributed by atoms with Crippen molar-refractivity contribution < 1.29 is 0 Å². The van der Waals surface area contributed by atoms with E-state index in [4.69, 9.17) is 5.84 Å². The molecule has 0 aromatic heterocycles. The molecule has 100 valence electrons. The molecule has 3 atom stereocenters. The molecule has 3 N–H and O–H groups in total. The van der Waals surface area contributed by atoms with E-state index in [0.717, 1.165) is 23.7 Å². The molecule has 0 spiro atoms. The van der Waals surface area contributed by atoms with E-state index >= 15 is 0 Å². The van der Waals surface area contributed by atoms with E-state index in [1.807, 2.05) is 0 Å². The first-order valence-corrected chi connectivity index (χ1v) is 7.21. The molecule has 0 aromatic rings. The van der Waals surface area contributed by atoms with Crippen LogP contribution in [0.5, 0.6) is 0 Å². The Morgan fingerprint density at radius 2 is 1.94 bits per heavy atom. The van der Waals surface area contributed by atoms with E-state index in [-0.39, 0.29) is 0 Å². The van der Waals surface area contributed by atoms with Crippen molar-refractivity contribution in [2.45, 2.75) is 59.8 Å². The molecule has 0 heterocycles. The zero-order chi connectivity index (χ0) is 12.8. The largest absolute Gasteiger partial charge is 0.331 e. The average Bonchev–Trinajstić information content (AvgIpc) is 2.27. The summed E-state index contributed by atoms with van der Waals surface area (Å²) >= 11 is 0. The molecule has 17 heavy (non-hydrogen) atoms. The molecule has 0 aliphatic heterocycles. The van der Waals surface area contributed by atoms with E-state index in [1.54, 1.807) is 5.57 Å². The van der Waals surface area contributed by atoms with Crippen molar-refractivity contribution in [1.29, 1.82) is 0 Å². The van der Waals surface area contributed by atoms with Gasteiger partial charge in [0.2, 0.25) is 0 Å². The van der Waals surface area contributed by atoms with Gasteiger partial charge in [0, 0.05) is 6.20 Å². The maximum atomic E-state index is 5.50. The van der Waals surface area contributed by atoms with Gasteiger partial charge in [-0.25, -0.2) is 0 Å². The highest BCUT2D eigenvalue weighted by atomic mass is 15.2. The van der Waals surface area contributed by atoms with Gasteiger partial charge in [-0.2, -0.15) is 0 Å². The quantitative estimate of drug-likeness (QED) is 0.579. The van der Waals surface area contributed by atoms with E-state index < -0.39 is 0 Å². The highest BCUT2D eigenvalue weighted by Crippen LogP contribution is 2.36. The fourth-order valence-corrected chi connectivity index (χ4v) is 2.97. The lowest BCUT2D eigenvalue weighted by Gasteiger charge is -2.32. The second-order valence-corrected chi connectivity index (χ2v) is 6.17. The second-order valence-electron chi connectivity index (χ2n) is 6.17. The van der Waals surface area contributed by atoms with Crippen molar-refractivity contribution in [2.75, 3.05) is 0 Å². The molecule has 1 fully saturated rings. The van der Waals surface area contributed by atoms with Crippen LogP contribution in [0.2, 0.25) is 0 Å². The fourth-order valence-electron chi connectivity index (χ4n) is 2.97. The topological polar surface area (TPSA) is 38.0 Å². The van der Waals surface area contributed by atoms with Crippen LogP contribution in [0.1, 0.15) is 59.8 Å². The van der Waals surface area contributed by atoms with Gasteiger partial charge in [-0.3, -0.25) is 5.84 Å². The standard InChI is InChI=1S/C15H30N2/c1-11(2)13(4)15-7-5-6-12(3)8-9-14(15)10-17-16/h10-13,15,17H,5-9,16H2,1-4H3/b14-10-. The summed E-state index contributed by atoms with van der Waals surface area (Å²) in [6.07, 6.45) is 8.68. The molecule has 0 amide bonds. The molecule has 0 radical (unpaired) electrons. The summed E-state index contributed by atoms with van der Waals surface area (Å²) in [5.41, 5.74) is 4.30. The van der Waals surface area contributed by atoms with Crippen LogP contribution in [0.3, 0.4) is 0 Å². The maximum Gasteiger partial charge on any atom is 0.0117 e. The minimum Gasteiger partial charge on any atom is -0.331 e. The van der Waals surface area contributed by atoms with E-state index in [0.29, 0.717) is 0 Å². The molecule has 1 aliphatic carbocycles. The smallest absolute Gasteiger partial charge is 0.0117 e. The van der Waals surface area contributed by atoms with Crippen molar-refractivity contribution in [1.82, 2.24) is 5.43 Å². The number of rotatable bonds is 3. The maximum absolute atomic E-state index is 5.50. The van der Waals surface area contributed by atoms with Gasteiger partial charge in [0.25, 0.3) is 0 Å². The Labute approximate surface area is 107 Å². The van der Waals surface area contributed by atoms with E-state index in [2.05, 4.69) is 39.3 Å². The van der Waals surface area contributed by atoms with Crippen LogP contribution in [0.15, 0.2) is 11.8 Å². The lowest BCUT2D eigenvalue weighted by molar-refractivity contribution is 0.264. The molecule has 2 nitrogen and oxygen atoms in total. The predicted molar refractivity (Wildman–Crippen MR) is 75.1 cm³/mol. The number of hydrazine groups is 1. The van der Waals surface area contributed by atoms with Crippen LogP contribution in [-0.2, 0) is 0 Å². The number of nitrogens with two attached hydrogens (primary N) is 1. The summed E-state index contributed by atoms with van der Waals surface area (Å²) in [7, 11) is 0. The molecule has 1 rings (SSSR count). The molecular weight excluding hydrogens is 208 g/mol. The Hall–Kier alpha value is -0.500. The van der Waals surface area contributed by atoms with Crippen LogP contribution in [-0.4, -0.2) is 0 Å². The molecular formula is C15H30N2. The van der Waals surface area contributed by atoms with Crippen LogP contribution in [0.25, 0.3) is 0 Å². The van der Waals surface area contributed by atoms with Gasteiger partial charge in [0.1, 0.15) is 0 Å². The molecule has 3 unspecified atom stereocenters. The lowest BCUT2D eigenvalue weighted by atomic mass is 9.74.